The molecule has 0 radical (unpaired) electrons. The van der Waals surface area contributed by atoms with Gasteiger partial charge in [0.05, 0.1) is 16.4 Å². The topological polar surface area (TPSA) is 156 Å². The van der Waals surface area contributed by atoms with Gasteiger partial charge in [-0.05, 0) is 32.3 Å². The molecule has 0 aliphatic heterocycles. The van der Waals surface area contributed by atoms with Crippen LogP contribution >= 0.6 is 0 Å². The maximum atomic E-state index is 12.1. The molecule has 1 aromatic rings. The lowest BCUT2D eigenvalue weighted by molar-refractivity contribution is -0.386. The molecule has 1 amide bonds. The van der Waals surface area contributed by atoms with Crippen LogP contribution in [0.1, 0.15) is 37.9 Å². The van der Waals surface area contributed by atoms with Crippen LogP contribution in [0.5, 0.6) is 0 Å². The molecule has 3 atom stereocenters. The molecule has 2 rings (SSSR count). The number of amides is 1. The first-order chi connectivity index (χ1) is 12.2. The number of nitro groups is 1. The number of nitro benzene ring substituents is 1. The number of hydrogen-bond acceptors (Lipinski definition) is 6. The minimum absolute atomic E-state index is 0.0474. The predicted molar refractivity (Wildman–Crippen MR) is 86.5 cm³/mol. The van der Waals surface area contributed by atoms with E-state index in [-0.39, 0.29) is 30.5 Å². The van der Waals surface area contributed by atoms with E-state index >= 15 is 0 Å². The molecule has 0 spiro atoms. The second kappa shape index (κ2) is 7.38. The molecule has 0 saturated heterocycles. The average molecular weight is 366 g/mol. The van der Waals surface area contributed by atoms with E-state index in [2.05, 4.69) is 5.32 Å². The third-order valence-electron chi connectivity index (χ3n) is 4.47. The van der Waals surface area contributed by atoms with Crippen LogP contribution in [0.25, 0.3) is 0 Å². The number of hydrogen-bond donors (Lipinski definition) is 3. The van der Waals surface area contributed by atoms with Gasteiger partial charge in [0.2, 0.25) is 0 Å². The summed E-state index contributed by atoms with van der Waals surface area (Å²) in [5, 5.41) is 31.7. The lowest BCUT2D eigenvalue weighted by Gasteiger charge is -2.26. The van der Waals surface area contributed by atoms with Gasteiger partial charge < -0.3 is 20.3 Å². The molecule has 1 saturated carbocycles. The molecule has 26 heavy (non-hydrogen) atoms. The van der Waals surface area contributed by atoms with E-state index in [1.54, 1.807) is 6.07 Å². The smallest absolute Gasteiger partial charge is 0.408 e. The van der Waals surface area contributed by atoms with E-state index in [1.165, 1.54) is 25.1 Å². The first-order valence-electron chi connectivity index (χ1n) is 7.84. The molecule has 0 heterocycles. The zero-order valence-electron chi connectivity index (χ0n) is 13.9. The highest BCUT2D eigenvalue weighted by Gasteiger charge is 2.49. The third-order valence-corrected chi connectivity index (χ3v) is 4.47. The molecule has 10 nitrogen and oxygen atoms in total. The van der Waals surface area contributed by atoms with Crippen molar-refractivity contribution in [1.82, 2.24) is 5.32 Å². The molecule has 0 bridgehead atoms. The Morgan fingerprint density at radius 2 is 2.00 bits per heavy atom. The van der Waals surface area contributed by atoms with Crippen molar-refractivity contribution in [3.63, 3.8) is 0 Å². The highest BCUT2D eigenvalue weighted by molar-refractivity contribution is 5.86. The Labute approximate surface area is 147 Å². The van der Waals surface area contributed by atoms with Crippen LogP contribution in [-0.2, 0) is 14.3 Å². The van der Waals surface area contributed by atoms with Crippen molar-refractivity contribution in [2.45, 2.75) is 37.8 Å². The molecule has 1 fully saturated rings. The Morgan fingerprint density at radius 3 is 2.54 bits per heavy atom. The van der Waals surface area contributed by atoms with Crippen molar-refractivity contribution in [2.24, 2.45) is 5.92 Å². The lowest BCUT2D eigenvalue weighted by atomic mass is 9.96. The standard InChI is InChI=1S/C16H18N2O8/c1-9(11-4-2-3-5-12(11)18(24)25)26-15(23)17-16(14(21)22)7-6-10(8-16)13(19)20/h2-5,9-10H,6-8H2,1H3,(H,17,23)(H,19,20)(H,21,22). The van der Waals surface area contributed by atoms with E-state index in [1.807, 2.05) is 0 Å². The Kier molecular flexibility index (Phi) is 5.44. The monoisotopic (exact) mass is 366 g/mol. The van der Waals surface area contributed by atoms with Gasteiger partial charge in [0, 0.05) is 6.07 Å². The summed E-state index contributed by atoms with van der Waals surface area (Å²) in [7, 11) is 0. The summed E-state index contributed by atoms with van der Waals surface area (Å²) >= 11 is 0. The molecule has 3 unspecified atom stereocenters. The summed E-state index contributed by atoms with van der Waals surface area (Å²) in [5.74, 6) is -3.35. The van der Waals surface area contributed by atoms with Crippen molar-refractivity contribution in [2.75, 3.05) is 0 Å². The highest BCUT2D eigenvalue weighted by Crippen LogP contribution is 2.35. The van der Waals surface area contributed by atoms with Gasteiger partial charge in [-0.2, -0.15) is 0 Å². The lowest BCUT2D eigenvalue weighted by Crippen LogP contribution is -2.53. The summed E-state index contributed by atoms with van der Waals surface area (Å²) in [6, 6.07) is 5.71. The van der Waals surface area contributed by atoms with Crippen molar-refractivity contribution in [3.8, 4) is 0 Å². The second-order valence-corrected chi connectivity index (χ2v) is 6.15. The number of ether oxygens (including phenoxy) is 1. The van der Waals surface area contributed by atoms with Gasteiger partial charge in [-0.15, -0.1) is 0 Å². The molecular formula is C16H18N2O8. The highest BCUT2D eigenvalue weighted by atomic mass is 16.6. The first-order valence-corrected chi connectivity index (χ1v) is 7.84. The largest absolute Gasteiger partial charge is 0.481 e. The fourth-order valence-electron chi connectivity index (χ4n) is 3.06. The summed E-state index contributed by atoms with van der Waals surface area (Å²) < 4.78 is 5.09. The van der Waals surface area contributed by atoms with Gasteiger partial charge in [-0.3, -0.25) is 14.9 Å². The average Bonchev–Trinajstić information content (AvgIpc) is 3.00. The number of para-hydroxylation sites is 1. The van der Waals surface area contributed by atoms with Crippen LogP contribution in [0.4, 0.5) is 10.5 Å². The van der Waals surface area contributed by atoms with Gasteiger partial charge in [0.15, 0.2) is 0 Å². The van der Waals surface area contributed by atoms with E-state index in [9.17, 15) is 29.6 Å². The van der Waals surface area contributed by atoms with Gasteiger partial charge in [0.1, 0.15) is 11.6 Å². The molecule has 1 aliphatic rings. The van der Waals surface area contributed by atoms with Crippen molar-refractivity contribution < 1.29 is 34.3 Å². The van der Waals surface area contributed by atoms with E-state index in [4.69, 9.17) is 9.84 Å². The number of nitrogens with zero attached hydrogens (tertiary/aromatic N) is 1. The number of carbonyl (C=O) groups excluding carboxylic acids is 1. The van der Waals surface area contributed by atoms with Gasteiger partial charge in [-0.1, -0.05) is 12.1 Å². The predicted octanol–water partition coefficient (Wildman–Crippen LogP) is 2.09. The number of benzene rings is 1. The van der Waals surface area contributed by atoms with Gasteiger partial charge in [0.25, 0.3) is 5.69 Å². The zero-order chi connectivity index (χ0) is 19.5. The first kappa shape index (κ1) is 19.2. The summed E-state index contributed by atoms with van der Waals surface area (Å²) in [5.41, 5.74) is -1.80. The number of alkyl carbamates (subject to hydrolysis) is 1. The molecule has 1 aliphatic carbocycles. The minimum atomic E-state index is -1.73. The Hall–Kier alpha value is -3.17. The van der Waals surface area contributed by atoms with Crippen molar-refractivity contribution in [1.29, 1.82) is 0 Å². The maximum absolute atomic E-state index is 12.1. The van der Waals surface area contributed by atoms with Gasteiger partial charge in [-0.25, -0.2) is 9.59 Å². The number of aliphatic carboxylic acids is 2. The number of carbonyl (C=O) groups is 3. The Balaban J connectivity index is 2.11. The van der Waals surface area contributed by atoms with Crippen molar-refractivity contribution in [3.05, 3.63) is 39.9 Å². The summed E-state index contributed by atoms with van der Waals surface area (Å²) in [6.07, 6.45) is -2.27. The van der Waals surface area contributed by atoms with E-state index in [0.29, 0.717) is 0 Å². The minimum Gasteiger partial charge on any atom is -0.481 e. The number of rotatable bonds is 6. The van der Waals surface area contributed by atoms with E-state index < -0.39 is 40.5 Å². The normalized spacial score (nSPS) is 23.0. The van der Waals surface area contributed by atoms with Crippen molar-refractivity contribution >= 4 is 23.7 Å². The third kappa shape index (κ3) is 3.90. The molecule has 1 aromatic carbocycles. The van der Waals surface area contributed by atoms with E-state index in [0.717, 1.165) is 0 Å². The SMILES string of the molecule is CC(OC(=O)NC1(C(=O)O)CCC(C(=O)O)C1)c1ccccc1[N+](=O)[O-]. The van der Waals surface area contributed by atoms with Crippen LogP contribution in [0, 0.1) is 16.0 Å². The fourth-order valence-corrected chi connectivity index (χ4v) is 3.06. The molecule has 3 N–H and O–H groups in total. The Bertz CT molecular complexity index is 750. The molecule has 10 heteroatoms. The maximum Gasteiger partial charge on any atom is 0.408 e. The second-order valence-electron chi connectivity index (χ2n) is 6.15. The number of carboxylic acids is 2. The Morgan fingerprint density at radius 1 is 1.35 bits per heavy atom. The number of nitrogens with one attached hydrogen (secondary N) is 1. The van der Waals surface area contributed by atoms with Crippen LogP contribution in [0.3, 0.4) is 0 Å². The quantitative estimate of drug-likeness (QED) is 0.510. The van der Waals surface area contributed by atoms with Crippen LogP contribution < -0.4 is 5.32 Å². The number of carboxylic acid groups (broad SMARTS) is 2. The molecule has 140 valence electrons. The summed E-state index contributed by atoms with van der Waals surface area (Å²) in [6.45, 7) is 1.42. The fraction of sp³-hybridized carbons (Fsp3) is 0.438. The zero-order valence-corrected chi connectivity index (χ0v) is 13.9. The summed E-state index contributed by atoms with van der Waals surface area (Å²) in [4.78, 5) is 45.2. The molecular weight excluding hydrogens is 348 g/mol. The molecule has 0 aromatic heterocycles. The van der Waals surface area contributed by atoms with Crippen LogP contribution in [0.2, 0.25) is 0 Å². The van der Waals surface area contributed by atoms with Gasteiger partial charge >= 0.3 is 18.0 Å². The van der Waals surface area contributed by atoms with Crippen LogP contribution in [0.15, 0.2) is 24.3 Å². The van der Waals surface area contributed by atoms with Crippen LogP contribution in [-0.4, -0.2) is 38.7 Å².